The Morgan fingerprint density at radius 1 is 1.12 bits per heavy atom. The number of benzene rings is 2. The van der Waals surface area contributed by atoms with Crippen molar-refractivity contribution in [2.45, 2.75) is 6.92 Å². The van der Waals surface area contributed by atoms with Crippen molar-refractivity contribution < 1.29 is 19.1 Å². The van der Waals surface area contributed by atoms with Crippen LogP contribution in [0.25, 0.3) is 0 Å². The number of hydrogen-bond donors (Lipinski definition) is 1. The molecule has 0 atom stereocenters. The molecule has 26 heavy (non-hydrogen) atoms. The smallest absolute Gasteiger partial charge is 0.338 e. The van der Waals surface area contributed by atoms with Crippen LogP contribution >= 0.6 is 22.6 Å². The molecule has 2 aromatic rings. The molecule has 136 valence electrons. The van der Waals surface area contributed by atoms with Gasteiger partial charge in [0.25, 0.3) is 5.91 Å². The second-order valence-electron chi connectivity index (χ2n) is 5.75. The highest BCUT2D eigenvalue weighted by molar-refractivity contribution is 14.1. The maximum atomic E-state index is 12.0. The van der Waals surface area contributed by atoms with Gasteiger partial charge in [-0.2, -0.15) is 0 Å². The fourth-order valence-electron chi connectivity index (χ4n) is 2.08. The summed E-state index contributed by atoms with van der Waals surface area (Å²) >= 11 is 2.09. The van der Waals surface area contributed by atoms with Crippen LogP contribution in [0.2, 0.25) is 0 Å². The second kappa shape index (κ2) is 9.33. The quantitative estimate of drug-likeness (QED) is 0.525. The van der Waals surface area contributed by atoms with Gasteiger partial charge in [0.05, 0.1) is 12.1 Å². The fraction of sp³-hybridized carbons (Fsp3) is 0.211. The summed E-state index contributed by atoms with van der Waals surface area (Å²) < 4.78 is 5.91. The first-order valence-corrected chi connectivity index (χ1v) is 8.96. The van der Waals surface area contributed by atoms with Crippen LogP contribution in [0.3, 0.4) is 0 Å². The number of nitrogens with one attached hydrogen (secondary N) is 1. The zero-order chi connectivity index (χ0) is 19.1. The molecular weight excluding hydrogens is 447 g/mol. The maximum Gasteiger partial charge on any atom is 0.338 e. The van der Waals surface area contributed by atoms with Gasteiger partial charge in [-0.05, 0) is 59.8 Å². The van der Waals surface area contributed by atoms with Crippen molar-refractivity contribution in [1.82, 2.24) is 4.90 Å². The molecule has 0 saturated heterocycles. The van der Waals surface area contributed by atoms with Crippen molar-refractivity contribution in [3.63, 3.8) is 0 Å². The molecular formula is C19H19IN2O4. The van der Waals surface area contributed by atoms with Crippen LogP contribution in [0.1, 0.15) is 15.9 Å². The van der Waals surface area contributed by atoms with Gasteiger partial charge in [0, 0.05) is 16.3 Å². The van der Waals surface area contributed by atoms with Gasteiger partial charge in [0.1, 0.15) is 0 Å². The predicted molar refractivity (Wildman–Crippen MR) is 107 cm³/mol. The molecule has 6 nitrogen and oxygen atoms in total. The van der Waals surface area contributed by atoms with E-state index in [1.165, 1.54) is 11.9 Å². The molecule has 0 bridgehead atoms. The summed E-state index contributed by atoms with van der Waals surface area (Å²) in [6, 6.07) is 14.2. The number of anilines is 1. The average molecular weight is 466 g/mol. The van der Waals surface area contributed by atoms with Crippen LogP contribution in [0.4, 0.5) is 5.69 Å². The van der Waals surface area contributed by atoms with Crippen LogP contribution in [-0.4, -0.2) is 42.9 Å². The summed E-state index contributed by atoms with van der Waals surface area (Å²) in [5.41, 5.74) is 2.13. The molecule has 0 aliphatic heterocycles. The number of amides is 2. The Morgan fingerprint density at radius 3 is 2.46 bits per heavy atom. The van der Waals surface area contributed by atoms with Gasteiger partial charge < -0.3 is 15.0 Å². The van der Waals surface area contributed by atoms with Gasteiger partial charge in [0.2, 0.25) is 5.91 Å². The van der Waals surface area contributed by atoms with Gasteiger partial charge in [-0.3, -0.25) is 9.59 Å². The number of carbonyl (C=O) groups is 3. The molecule has 0 aromatic heterocycles. The van der Waals surface area contributed by atoms with Crippen LogP contribution in [-0.2, 0) is 14.3 Å². The molecule has 0 saturated carbocycles. The lowest BCUT2D eigenvalue weighted by Crippen LogP contribution is -2.37. The van der Waals surface area contributed by atoms with Gasteiger partial charge in [-0.25, -0.2) is 4.79 Å². The van der Waals surface area contributed by atoms with E-state index in [-0.39, 0.29) is 12.5 Å². The highest BCUT2D eigenvalue weighted by atomic mass is 127. The van der Waals surface area contributed by atoms with Crippen molar-refractivity contribution in [2.24, 2.45) is 0 Å². The van der Waals surface area contributed by atoms with E-state index in [9.17, 15) is 14.4 Å². The monoisotopic (exact) mass is 466 g/mol. The molecule has 7 heteroatoms. The first-order valence-electron chi connectivity index (χ1n) is 7.88. The Hall–Kier alpha value is -2.42. The first-order chi connectivity index (χ1) is 12.3. The first kappa shape index (κ1) is 19.9. The van der Waals surface area contributed by atoms with Crippen molar-refractivity contribution in [2.75, 3.05) is 25.5 Å². The third-order valence-electron chi connectivity index (χ3n) is 3.53. The van der Waals surface area contributed by atoms with Crippen LogP contribution in [0.15, 0.2) is 48.5 Å². The molecule has 0 aliphatic carbocycles. The number of aryl methyl sites for hydroxylation is 1. The Balaban J connectivity index is 1.80. The number of halogens is 1. The van der Waals surface area contributed by atoms with Gasteiger partial charge in [-0.15, -0.1) is 0 Å². The van der Waals surface area contributed by atoms with E-state index in [1.807, 2.05) is 25.1 Å². The number of carbonyl (C=O) groups excluding carboxylic acids is 3. The zero-order valence-electron chi connectivity index (χ0n) is 14.5. The summed E-state index contributed by atoms with van der Waals surface area (Å²) in [4.78, 5) is 37.2. The molecule has 0 unspecified atom stereocenters. The van der Waals surface area contributed by atoms with Crippen molar-refractivity contribution in [3.05, 3.63) is 63.2 Å². The SMILES string of the molecule is Cc1ccc(NC(=O)CN(C)C(=O)COC(=O)c2cccc(I)c2)cc1. The maximum absolute atomic E-state index is 12.0. The fourth-order valence-corrected chi connectivity index (χ4v) is 2.62. The van der Waals surface area contributed by atoms with Crippen LogP contribution in [0, 0.1) is 10.5 Å². The topological polar surface area (TPSA) is 75.7 Å². The lowest BCUT2D eigenvalue weighted by Gasteiger charge is -2.17. The molecule has 0 aliphatic rings. The minimum atomic E-state index is -0.575. The molecule has 0 spiro atoms. The Labute approximate surface area is 165 Å². The minimum absolute atomic E-state index is 0.131. The number of ether oxygens (including phenoxy) is 1. The number of likely N-dealkylation sites (N-methyl/N-ethyl adjacent to an activating group) is 1. The predicted octanol–water partition coefficient (Wildman–Crippen LogP) is 2.85. The molecule has 0 radical (unpaired) electrons. The highest BCUT2D eigenvalue weighted by Gasteiger charge is 2.16. The van der Waals surface area contributed by atoms with Crippen molar-refractivity contribution in [1.29, 1.82) is 0 Å². The van der Waals surface area contributed by atoms with E-state index in [1.54, 1.807) is 30.3 Å². The van der Waals surface area contributed by atoms with E-state index >= 15 is 0 Å². The van der Waals surface area contributed by atoms with E-state index in [0.29, 0.717) is 11.3 Å². The Bertz CT molecular complexity index is 805. The number of hydrogen-bond acceptors (Lipinski definition) is 4. The molecule has 0 heterocycles. The lowest BCUT2D eigenvalue weighted by atomic mass is 10.2. The summed E-state index contributed by atoms with van der Waals surface area (Å²) in [7, 11) is 1.48. The minimum Gasteiger partial charge on any atom is -0.452 e. The number of rotatable bonds is 6. The zero-order valence-corrected chi connectivity index (χ0v) is 16.6. The summed E-state index contributed by atoms with van der Waals surface area (Å²) in [5, 5.41) is 2.71. The molecule has 1 N–H and O–H groups in total. The number of esters is 1. The standard InChI is InChI=1S/C19H19IN2O4/c1-13-6-8-16(9-7-13)21-17(23)11-22(2)18(24)12-26-19(25)14-4-3-5-15(20)10-14/h3-10H,11-12H2,1-2H3,(H,21,23). The van der Waals surface area contributed by atoms with E-state index < -0.39 is 18.5 Å². The van der Waals surface area contributed by atoms with Crippen molar-refractivity contribution >= 4 is 46.1 Å². The van der Waals surface area contributed by atoms with E-state index in [4.69, 9.17) is 4.74 Å². The Kier molecular flexibility index (Phi) is 7.14. The summed E-state index contributed by atoms with van der Waals surface area (Å²) in [5.74, 6) is -1.36. The molecule has 2 amide bonds. The molecule has 2 rings (SSSR count). The van der Waals surface area contributed by atoms with Crippen molar-refractivity contribution in [3.8, 4) is 0 Å². The third-order valence-corrected chi connectivity index (χ3v) is 4.20. The summed E-state index contributed by atoms with van der Waals surface area (Å²) in [6.07, 6.45) is 0. The van der Waals surface area contributed by atoms with Gasteiger partial charge in [0.15, 0.2) is 6.61 Å². The van der Waals surface area contributed by atoms with E-state index in [0.717, 1.165) is 9.13 Å². The average Bonchev–Trinajstić information content (AvgIpc) is 2.61. The summed E-state index contributed by atoms with van der Waals surface area (Å²) in [6.45, 7) is 1.40. The largest absolute Gasteiger partial charge is 0.452 e. The van der Waals surface area contributed by atoms with Gasteiger partial charge in [-0.1, -0.05) is 23.8 Å². The molecule has 0 fully saturated rings. The highest BCUT2D eigenvalue weighted by Crippen LogP contribution is 2.10. The van der Waals surface area contributed by atoms with Crippen LogP contribution in [0.5, 0.6) is 0 Å². The van der Waals surface area contributed by atoms with Crippen LogP contribution < -0.4 is 5.32 Å². The molecule has 2 aromatic carbocycles. The third kappa shape index (κ3) is 6.14. The second-order valence-corrected chi connectivity index (χ2v) is 7.00. The van der Waals surface area contributed by atoms with E-state index in [2.05, 4.69) is 27.9 Å². The van der Waals surface area contributed by atoms with Gasteiger partial charge >= 0.3 is 5.97 Å². The number of nitrogens with zero attached hydrogens (tertiary/aromatic N) is 1. The lowest BCUT2D eigenvalue weighted by molar-refractivity contribution is -0.136. The Morgan fingerprint density at radius 2 is 1.81 bits per heavy atom. The normalized spacial score (nSPS) is 10.1.